The summed E-state index contributed by atoms with van der Waals surface area (Å²) >= 11 is 1.65. The molecule has 0 aromatic heterocycles. The van der Waals surface area contributed by atoms with Gasteiger partial charge in [0.25, 0.3) is 0 Å². The molecule has 3 rings (SSSR count). The summed E-state index contributed by atoms with van der Waals surface area (Å²) in [6.45, 7) is 2.09. The van der Waals surface area contributed by atoms with Crippen molar-refractivity contribution in [2.24, 2.45) is 0 Å². The second-order valence-electron chi connectivity index (χ2n) is 5.69. The first-order valence-corrected chi connectivity index (χ1v) is 8.55. The van der Waals surface area contributed by atoms with Crippen LogP contribution in [0.3, 0.4) is 0 Å². The molecule has 0 spiro atoms. The van der Waals surface area contributed by atoms with Crippen LogP contribution in [0.5, 0.6) is 0 Å². The van der Waals surface area contributed by atoms with Gasteiger partial charge in [-0.3, -0.25) is 4.79 Å². The summed E-state index contributed by atoms with van der Waals surface area (Å²) in [4.78, 5) is 13.8. The molecular formula is C19H20OS. The Labute approximate surface area is 130 Å². The number of hydrogen-bond donors (Lipinski definition) is 0. The van der Waals surface area contributed by atoms with Crippen molar-refractivity contribution in [3.8, 4) is 0 Å². The molecule has 0 radical (unpaired) electrons. The molecule has 0 heterocycles. The van der Waals surface area contributed by atoms with Crippen LogP contribution in [0, 0.1) is 6.92 Å². The second kappa shape index (κ2) is 6.48. The van der Waals surface area contributed by atoms with Crippen molar-refractivity contribution in [3.05, 3.63) is 65.2 Å². The van der Waals surface area contributed by atoms with Gasteiger partial charge in [0.05, 0.1) is 5.75 Å². The number of ketones is 1. The van der Waals surface area contributed by atoms with E-state index in [-0.39, 0.29) is 5.78 Å². The van der Waals surface area contributed by atoms with Gasteiger partial charge in [-0.05, 0) is 42.9 Å². The maximum absolute atomic E-state index is 12.6. The van der Waals surface area contributed by atoms with Crippen LogP contribution in [-0.4, -0.2) is 11.5 Å². The van der Waals surface area contributed by atoms with Gasteiger partial charge in [0, 0.05) is 10.5 Å². The Morgan fingerprint density at radius 2 is 1.81 bits per heavy atom. The van der Waals surface area contributed by atoms with Crippen LogP contribution < -0.4 is 0 Å². The summed E-state index contributed by atoms with van der Waals surface area (Å²) in [7, 11) is 0. The molecule has 2 heteroatoms. The summed E-state index contributed by atoms with van der Waals surface area (Å²) < 4.78 is 0. The highest BCUT2D eigenvalue weighted by molar-refractivity contribution is 8.00. The monoisotopic (exact) mass is 296 g/mol. The normalized spacial score (nSPS) is 14.7. The Bertz CT molecular complexity index is 644. The number of carbonyl (C=O) groups excluding carboxylic acids is 1. The molecule has 2 aromatic rings. The molecule has 1 fully saturated rings. The van der Waals surface area contributed by atoms with Crippen LogP contribution in [0.15, 0.2) is 53.4 Å². The standard InChI is InChI=1S/C19H20OS/c1-14-7-2-5-12-19(14)21-13-18(20)17-11-4-3-10-16(17)15-8-6-9-15/h2-5,7,10-12,15H,6,8-9,13H2,1H3. The van der Waals surface area contributed by atoms with Crippen molar-refractivity contribution in [3.63, 3.8) is 0 Å². The predicted molar refractivity (Wildman–Crippen MR) is 89.3 cm³/mol. The molecule has 1 saturated carbocycles. The van der Waals surface area contributed by atoms with Gasteiger partial charge in [-0.25, -0.2) is 0 Å². The first-order chi connectivity index (χ1) is 10.3. The van der Waals surface area contributed by atoms with Gasteiger partial charge in [0.15, 0.2) is 5.78 Å². The fourth-order valence-electron chi connectivity index (χ4n) is 2.77. The van der Waals surface area contributed by atoms with E-state index in [1.165, 1.54) is 35.3 Å². The van der Waals surface area contributed by atoms with Crippen LogP contribution >= 0.6 is 11.8 Å². The van der Waals surface area contributed by atoms with Gasteiger partial charge in [-0.1, -0.05) is 48.9 Å². The molecule has 1 aliphatic carbocycles. The van der Waals surface area contributed by atoms with E-state index in [2.05, 4.69) is 31.2 Å². The molecule has 0 bridgehead atoms. The van der Waals surface area contributed by atoms with E-state index in [0.29, 0.717) is 11.7 Å². The number of aryl methyl sites for hydroxylation is 1. The zero-order valence-electron chi connectivity index (χ0n) is 12.3. The third-order valence-electron chi connectivity index (χ3n) is 4.26. The van der Waals surface area contributed by atoms with Gasteiger partial charge in [0.2, 0.25) is 0 Å². The fraction of sp³-hybridized carbons (Fsp3) is 0.316. The Hall–Kier alpha value is -1.54. The topological polar surface area (TPSA) is 17.1 Å². The molecule has 0 N–H and O–H groups in total. The number of thioether (sulfide) groups is 1. The first kappa shape index (κ1) is 14.4. The predicted octanol–water partition coefficient (Wildman–Crippen LogP) is 5.24. The van der Waals surface area contributed by atoms with Crippen LogP contribution in [0.2, 0.25) is 0 Å². The van der Waals surface area contributed by atoms with E-state index in [0.717, 1.165) is 5.56 Å². The number of benzene rings is 2. The minimum Gasteiger partial charge on any atom is -0.293 e. The van der Waals surface area contributed by atoms with Gasteiger partial charge < -0.3 is 0 Å². The number of hydrogen-bond acceptors (Lipinski definition) is 2. The van der Waals surface area contributed by atoms with E-state index in [9.17, 15) is 4.79 Å². The lowest BCUT2D eigenvalue weighted by molar-refractivity contribution is 0.102. The third kappa shape index (κ3) is 3.21. The van der Waals surface area contributed by atoms with Gasteiger partial charge in [-0.15, -0.1) is 11.8 Å². The molecule has 21 heavy (non-hydrogen) atoms. The van der Waals surface area contributed by atoms with E-state index in [1.807, 2.05) is 24.3 Å². The van der Waals surface area contributed by atoms with Crippen LogP contribution in [-0.2, 0) is 0 Å². The molecule has 0 saturated heterocycles. The molecule has 0 aliphatic heterocycles. The minimum atomic E-state index is 0.255. The summed E-state index contributed by atoms with van der Waals surface area (Å²) in [5.41, 5.74) is 3.44. The maximum atomic E-state index is 12.6. The Balaban J connectivity index is 1.72. The highest BCUT2D eigenvalue weighted by Gasteiger charge is 2.24. The molecular weight excluding hydrogens is 276 g/mol. The third-order valence-corrected chi connectivity index (χ3v) is 5.43. The average molecular weight is 296 g/mol. The summed E-state index contributed by atoms with van der Waals surface area (Å²) in [5, 5.41) is 0. The van der Waals surface area contributed by atoms with Crippen molar-refractivity contribution in [2.45, 2.75) is 37.0 Å². The van der Waals surface area contributed by atoms with Gasteiger partial charge in [0.1, 0.15) is 0 Å². The average Bonchev–Trinajstić information content (AvgIpc) is 2.45. The second-order valence-corrected chi connectivity index (χ2v) is 6.71. The minimum absolute atomic E-state index is 0.255. The SMILES string of the molecule is Cc1ccccc1SCC(=O)c1ccccc1C1CCC1. The molecule has 2 aromatic carbocycles. The number of rotatable bonds is 5. The molecule has 0 atom stereocenters. The van der Waals surface area contributed by atoms with E-state index in [1.54, 1.807) is 11.8 Å². The van der Waals surface area contributed by atoms with E-state index in [4.69, 9.17) is 0 Å². The smallest absolute Gasteiger partial charge is 0.173 e. The first-order valence-electron chi connectivity index (χ1n) is 7.56. The zero-order chi connectivity index (χ0) is 14.7. The highest BCUT2D eigenvalue weighted by Crippen LogP contribution is 2.38. The number of carbonyl (C=O) groups is 1. The Kier molecular flexibility index (Phi) is 4.45. The Morgan fingerprint density at radius 3 is 2.52 bits per heavy atom. The number of Topliss-reactive ketones (excluding diaryl/α,β-unsaturated/α-hetero) is 1. The lowest BCUT2D eigenvalue weighted by atomic mass is 9.78. The summed E-state index contributed by atoms with van der Waals surface area (Å²) in [6, 6.07) is 16.4. The summed E-state index contributed by atoms with van der Waals surface area (Å²) in [6.07, 6.45) is 3.76. The van der Waals surface area contributed by atoms with Gasteiger partial charge >= 0.3 is 0 Å². The van der Waals surface area contributed by atoms with Crippen molar-refractivity contribution in [1.82, 2.24) is 0 Å². The fourth-order valence-corrected chi connectivity index (χ4v) is 3.68. The van der Waals surface area contributed by atoms with Crippen molar-refractivity contribution >= 4 is 17.5 Å². The van der Waals surface area contributed by atoms with Crippen molar-refractivity contribution in [1.29, 1.82) is 0 Å². The highest BCUT2D eigenvalue weighted by atomic mass is 32.2. The molecule has 1 nitrogen and oxygen atoms in total. The van der Waals surface area contributed by atoms with Crippen LogP contribution in [0.4, 0.5) is 0 Å². The van der Waals surface area contributed by atoms with Crippen molar-refractivity contribution in [2.75, 3.05) is 5.75 Å². The molecule has 0 amide bonds. The van der Waals surface area contributed by atoms with Crippen LogP contribution in [0.1, 0.15) is 46.7 Å². The molecule has 1 aliphatic rings. The molecule has 0 unspecified atom stereocenters. The van der Waals surface area contributed by atoms with Gasteiger partial charge in [-0.2, -0.15) is 0 Å². The Morgan fingerprint density at radius 1 is 1.10 bits per heavy atom. The van der Waals surface area contributed by atoms with E-state index >= 15 is 0 Å². The molecule has 108 valence electrons. The lowest BCUT2D eigenvalue weighted by Crippen LogP contribution is -2.14. The van der Waals surface area contributed by atoms with E-state index < -0.39 is 0 Å². The summed E-state index contributed by atoms with van der Waals surface area (Å²) in [5.74, 6) is 1.38. The largest absolute Gasteiger partial charge is 0.293 e. The lowest BCUT2D eigenvalue weighted by Gasteiger charge is -2.27. The maximum Gasteiger partial charge on any atom is 0.173 e. The van der Waals surface area contributed by atoms with Crippen LogP contribution in [0.25, 0.3) is 0 Å². The quantitative estimate of drug-likeness (QED) is 0.554. The zero-order valence-corrected chi connectivity index (χ0v) is 13.2. The van der Waals surface area contributed by atoms with Crippen molar-refractivity contribution < 1.29 is 4.79 Å².